The van der Waals surface area contributed by atoms with E-state index >= 15 is 0 Å². The molecule has 1 aromatic heterocycles. The number of thiophene rings is 1. The second-order valence-corrected chi connectivity index (χ2v) is 10.6. The normalized spacial score (nSPS) is 23.1. The first-order chi connectivity index (χ1) is 17.1. The molecule has 3 aromatic rings. The number of carbonyl (C=O) groups is 1. The van der Waals surface area contributed by atoms with Gasteiger partial charge in [-0.1, -0.05) is 30.3 Å². The molecule has 6 rings (SSSR count). The molecule has 3 fully saturated rings. The third kappa shape index (κ3) is 5.85. The van der Waals surface area contributed by atoms with E-state index in [4.69, 9.17) is 9.47 Å². The maximum atomic E-state index is 13.7. The number of hydrogen-bond donors (Lipinski definition) is 1. The molecule has 3 aliphatic heterocycles. The van der Waals surface area contributed by atoms with Crippen LogP contribution in [0.5, 0.6) is 5.75 Å². The summed E-state index contributed by atoms with van der Waals surface area (Å²) in [7, 11) is 0. The summed E-state index contributed by atoms with van der Waals surface area (Å²) in [6.45, 7) is 5.32. The number of ether oxygens (including phenoxy) is 2. The Bertz CT molecular complexity index is 1130. The van der Waals surface area contributed by atoms with Gasteiger partial charge < -0.3 is 19.3 Å². The van der Waals surface area contributed by atoms with Crippen LogP contribution < -0.4 is 10.1 Å². The number of carbonyl (C=O) groups excluding carboxylic acids is 1. The number of nitrogens with zero attached hydrogens (tertiary/aromatic N) is 1. The second-order valence-electron chi connectivity index (χ2n) is 9.61. The van der Waals surface area contributed by atoms with Crippen molar-refractivity contribution in [3.63, 3.8) is 0 Å². The molecule has 2 aromatic carbocycles. The lowest BCUT2D eigenvalue weighted by atomic mass is 9.83. The van der Waals surface area contributed by atoms with E-state index in [2.05, 4.69) is 5.32 Å². The maximum Gasteiger partial charge on any atom is 0.407 e. The number of halogens is 1. The van der Waals surface area contributed by atoms with E-state index in [0.29, 0.717) is 19.1 Å². The molecule has 1 amide bonds. The molecule has 1 N–H and O–H groups in total. The number of para-hydroxylation sites is 1. The van der Waals surface area contributed by atoms with Crippen LogP contribution in [0.1, 0.15) is 24.1 Å². The van der Waals surface area contributed by atoms with Crippen LogP contribution in [0.4, 0.5) is 9.18 Å². The van der Waals surface area contributed by atoms with Gasteiger partial charge in [0.05, 0.1) is 32.8 Å². The summed E-state index contributed by atoms with van der Waals surface area (Å²) in [6.07, 6.45) is 2.78. The Hall–Kier alpha value is -2.90. The number of hydrogen-bond acceptors (Lipinski definition) is 4. The van der Waals surface area contributed by atoms with Crippen LogP contribution in [-0.2, 0) is 11.3 Å². The second kappa shape index (κ2) is 10.8. The average molecular weight is 496 g/mol. The van der Waals surface area contributed by atoms with Crippen LogP contribution in [0.2, 0.25) is 0 Å². The number of nitrogens with one attached hydrogen (secondary N) is 1. The maximum absolute atomic E-state index is 13.7. The summed E-state index contributed by atoms with van der Waals surface area (Å²) in [5.74, 6) is 1.10. The van der Waals surface area contributed by atoms with E-state index in [9.17, 15) is 9.18 Å². The summed E-state index contributed by atoms with van der Waals surface area (Å²) in [4.78, 5) is 13.7. The third-order valence-electron chi connectivity index (χ3n) is 7.36. The van der Waals surface area contributed by atoms with Crippen LogP contribution in [0.15, 0.2) is 66.0 Å². The molecular weight excluding hydrogens is 463 g/mol. The highest BCUT2D eigenvalue weighted by molar-refractivity contribution is 7.10. The largest absolute Gasteiger partial charge is 0.493 e. The minimum absolute atomic E-state index is 0.0430. The van der Waals surface area contributed by atoms with E-state index in [1.54, 1.807) is 17.4 Å². The van der Waals surface area contributed by atoms with E-state index in [-0.39, 0.29) is 18.0 Å². The number of quaternary nitrogens is 1. The average Bonchev–Trinajstić information content (AvgIpc) is 3.36. The lowest BCUT2D eigenvalue weighted by molar-refractivity contribution is -0.946. The topological polar surface area (TPSA) is 47.6 Å². The number of piperidine rings is 3. The van der Waals surface area contributed by atoms with E-state index in [1.807, 2.05) is 47.8 Å². The molecule has 5 nitrogen and oxygen atoms in total. The molecule has 3 saturated heterocycles. The van der Waals surface area contributed by atoms with E-state index in [0.717, 1.165) is 71.7 Å². The Morgan fingerprint density at radius 2 is 1.91 bits per heavy atom. The molecule has 0 radical (unpaired) electrons. The molecular formula is C28H32FN2O3S+. The highest BCUT2D eigenvalue weighted by atomic mass is 32.1. The summed E-state index contributed by atoms with van der Waals surface area (Å²) in [6, 6.07) is 18.4. The number of alkyl carbamates (subject to hydrolysis) is 1. The SMILES string of the molecule is O=C(NCc1sccc1-c1cccc(F)c1)OC1C[N+]2(CCCOc3ccccc3)CCC1CC2. The van der Waals surface area contributed by atoms with Gasteiger partial charge in [0.1, 0.15) is 18.1 Å². The lowest BCUT2D eigenvalue weighted by Gasteiger charge is -2.52. The molecule has 0 saturated carbocycles. The Balaban J connectivity index is 1.11. The Labute approximate surface area is 210 Å². The Morgan fingerprint density at radius 3 is 2.71 bits per heavy atom. The smallest absolute Gasteiger partial charge is 0.407 e. The van der Waals surface area contributed by atoms with Crippen LogP contribution in [0.25, 0.3) is 11.1 Å². The highest BCUT2D eigenvalue weighted by Crippen LogP contribution is 2.36. The summed E-state index contributed by atoms with van der Waals surface area (Å²) in [5.41, 5.74) is 1.76. The fourth-order valence-corrected chi connectivity index (χ4v) is 6.33. The van der Waals surface area contributed by atoms with Gasteiger partial charge in [0, 0.05) is 30.1 Å². The van der Waals surface area contributed by atoms with Crippen molar-refractivity contribution in [3.8, 4) is 16.9 Å². The summed E-state index contributed by atoms with van der Waals surface area (Å²) < 4.78 is 26.5. The zero-order chi connectivity index (χ0) is 24.1. The van der Waals surface area contributed by atoms with Crippen molar-refractivity contribution < 1.29 is 23.1 Å². The fraction of sp³-hybridized carbons (Fsp3) is 0.393. The minimum Gasteiger partial charge on any atom is -0.493 e. The van der Waals surface area contributed by atoms with Gasteiger partial charge in [0.2, 0.25) is 0 Å². The van der Waals surface area contributed by atoms with Crippen molar-refractivity contribution in [1.82, 2.24) is 5.32 Å². The van der Waals surface area contributed by atoms with Crippen molar-refractivity contribution in [2.45, 2.75) is 31.9 Å². The number of benzene rings is 2. The van der Waals surface area contributed by atoms with Gasteiger partial charge in [-0.2, -0.15) is 0 Å². The molecule has 184 valence electrons. The molecule has 35 heavy (non-hydrogen) atoms. The first kappa shape index (κ1) is 23.8. The van der Waals surface area contributed by atoms with Crippen molar-refractivity contribution >= 4 is 17.4 Å². The van der Waals surface area contributed by atoms with Gasteiger partial charge in [-0.15, -0.1) is 11.3 Å². The third-order valence-corrected chi connectivity index (χ3v) is 8.28. The summed E-state index contributed by atoms with van der Waals surface area (Å²) >= 11 is 1.55. The van der Waals surface area contributed by atoms with Crippen molar-refractivity contribution in [2.75, 3.05) is 32.8 Å². The number of rotatable bonds is 9. The molecule has 0 aliphatic carbocycles. The monoisotopic (exact) mass is 495 g/mol. The first-order valence-electron chi connectivity index (χ1n) is 12.4. The van der Waals surface area contributed by atoms with Gasteiger partial charge in [-0.3, -0.25) is 0 Å². The van der Waals surface area contributed by atoms with Gasteiger partial charge in [0.15, 0.2) is 6.10 Å². The minimum atomic E-state index is -0.368. The van der Waals surface area contributed by atoms with Gasteiger partial charge >= 0.3 is 6.09 Å². The summed E-state index contributed by atoms with van der Waals surface area (Å²) in [5, 5.41) is 4.89. The first-order valence-corrected chi connectivity index (χ1v) is 13.3. The molecule has 4 heterocycles. The molecule has 0 spiro atoms. The molecule has 7 heteroatoms. The zero-order valence-corrected chi connectivity index (χ0v) is 20.6. The molecule has 2 bridgehead atoms. The van der Waals surface area contributed by atoms with Crippen LogP contribution >= 0.6 is 11.3 Å². The number of fused-ring (bicyclic) bond motifs is 3. The van der Waals surface area contributed by atoms with Gasteiger partial charge in [-0.25, -0.2) is 9.18 Å². The molecule has 1 unspecified atom stereocenters. The van der Waals surface area contributed by atoms with Gasteiger partial charge in [0.25, 0.3) is 0 Å². The van der Waals surface area contributed by atoms with Gasteiger partial charge in [-0.05, 0) is 46.8 Å². The van der Waals surface area contributed by atoms with Crippen molar-refractivity contribution in [2.24, 2.45) is 5.92 Å². The zero-order valence-electron chi connectivity index (χ0n) is 19.8. The van der Waals surface area contributed by atoms with Crippen molar-refractivity contribution in [1.29, 1.82) is 0 Å². The van der Waals surface area contributed by atoms with E-state index in [1.165, 1.54) is 12.1 Å². The van der Waals surface area contributed by atoms with Crippen LogP contribution in [0, 0.1) is 11.7 Å². The lowest BCUT2D eigenvalue weighted by Crippen LogP contribution is -2.65. The predicted octanol–water partition coefficient (Wildman–Crippen LogP) is 5.86. The quantitative estimate of drug-likeness (QED) is 0.299. The van der Waals surface area contributed by atoms with E-state index < -0.39 is 0 Å². The Morgan fingerprint density at radius 1 is 1.09 bits per heavy atom. The molecule has 3 aliphatic rings. The predicted molar refractivity (Wildman–Crippen MR) is 136 cm³/mol. The van der Waals surface area contributed by atoms with Crippen molar-refractivity contribution in [3.05, 3.63) is 76.7 Å². The highest BCUT2D eigenvalue weighted by Gasteiger charge is 2.47. The van der Waals surface area contributed by atoms with Crippen LogP contribution in [-0.4, -0.2) is 49.5 Å². The Kier molecular flexibility index (Phi) is 7.35. The fourth-order valence-electron chi connectivity index (χ4n) is 5.50. The molecule has 1 atom stereocenters. The van der Waals surface area contributed by atoms with Crippen LogP contribution in [0.3, 0.4) is 0 Å². The standard InChI is InChI=1S/C28H31FN2O3S/c29-23-7-4-6-22(18-23)25-12-17-35-27(25)19-30-28(32)34-26-20-31(14-10-21(26)11-15-31)13-5-16-33-24-8-2-1-3-9-24/h1-4,6-9,12,17-18,21,26H,5,10-11,13-16,19-20H2/p+1. The number of amides is 1.